The molecule has 9 rings (SSSR count). The van der Waals surface area contributed by atoms with Crippen LogP contribution in [-0.2, 0) is 0 Å². The topological polar surface area (TPSA) is 25.2 Å². The predicted molar refractivity (Wildman–Crippen MR) is 221 cm³/mol. The highest BCUT2D eigenvalue weighted by atomic mass is 14.6. The van der Waals surface area contributed by atoms with E-state index in [9.17, 15) is 0 Å². The van der Waals surface area contributed by atoms with Crippen molar-refractivity contribution in [3.05, 3.63) is 170 Å². The lowest BCUT2D eigenvalue weighted by Gasteiger charge is -2.21. The average molecular weight is 653 g/mol. The first-order valence-corrected chi connectivity index (χ1v) is 17.7. The van der Waals surface area contributed by atoms with E-state index in [0.717, 1.165) is 6.42 Å². The maximum absolute atomic E-state index is 4.32. The number of aromatic nitrogens is 1. The Kier molecular flexibility index (Phi) is 7.71. The molecule has 0 aliphatic rings. The molecule has 0 unspecified atom stereocenters. The summed E-state index contributed by atoms with van der Waals surface area (Å²) in [4.78, 5) is 8.62. The maximum Gasteiger partial charge on any atom is 0.0277 e. The fourth-order valence-electron chi connectivity index (χ4n) is 8.29. The third kappa shape index (κ3) is 4.94. The highest BCUT2D eigenvalue weighted by Crippen LogP contribution is 2.48. The number of hydrogen-bond acceptors (Lipinski definition) is 2. The van der Waals surface area contributed by atoms with Crippen LogP contribution in [0.15, 0.2) is 169 Å². The second-order valence-corrected chi connectivity index (χ2v) is 13.1. The molecule has 0 aliphatic heterocycles. The van der Waals surface area contributed by atoms with Gasteiger partial charge in [0.15, 0.2) is 0 Å². The zero-order valence-electron chi connectivity index (χ0n) is 28.8. The number of fused-ring (bicyclic) bond motifs is 5. The van der Waals surface area contributed by atoms with E-state index in [1.54, 1.807) is 0 Å². The van der Waals surface area contributed by atoms with Gasteiger partial charge in [0, 0.05) is 25.7 Å². The largest absolute Gasteiger partial charge is 0.297 e. The van der Waals surface area contributed by atoms with Crippen LogP contribution in [0.1, 0.15) is 18.9 Å². The van der Waals surface area contributed by atoms with Crippen molar-refractivity contribution in [3.63, 3.8) is 0 Å². The Bertz CT molecular complexity index is 2730. The number of nitrogens with zero attached hydrogens (tertiary/aromatic N) is 2. The van der Waals surface area contributed by atoms with Crippen LogP contribution >= 0.6 is 0 Å². The summed E-state index contributed by atoms with van der Waals surface area (Å²) in [5, 5.41) is 12.5. The molecule has 1 aromatic heterocycles. The second kappa shape index (κ2) is 12.8. The van der Waals surface area contributed by atoms with Crippen molar-refractivity contribution in [2.24, 2.45) is 4.99 Å². The number of benzene rings is 8. The van der Waals surface area contributed by atoms with Gasteiger partial charge in [-0.2, -0.15) is 0 Å². The number of rotatable bonds is 6. The molecule has 0 saturated carbocycles. The Morgan fingerprint density at radius 2 is 0.843 bits per heavy atom. The molecular formula is C49H36N2. The molecule has 0 N–H and O–H groups in total. The summed E-state index contributed by atoms with van der Waals surface area (Å²) in [5.41, 5.74) is 10.0. The normalized spacial score (nSPS) is 12.2. The predicted octanol–water partition coefficient (Wildman–Crippen LogP) is 13.3. The molecule has 0 spiro atoms. The third-order valence-electron chi connectivity index (χ3n) is 10.4. The minimum absolute atomic E-state index is 0.916. The van der Waals surface area contributed by atoms with E-state index in [2.05, 4.69) is 169 Å². The van der Waals surface area contributed by atoms with Gasteiger partial charge in [-0.3, -0.25) is 9.98 Å². The van der Waals surface area contributed by atoms with Crippen LogP contribution < -0.4 is 0 Å². The second-order valence-electron chi connectivity index (χ2n) is 13.1. The van der Waals surface area contributed by atoms with Crippen molar-refractivity contribution in [3.8, 4) is 33.4 Å². The van der Waals surface area contributed by atoms with Gasteiger partial charge in [0.1, 0.15) is 0 Å². The van der Waals surface area contributed by atoms with Crippen LogP contribution in [0.2, 0.25) is 0 Å². The molecular weight excluding hydrogens is 617 g/mol. The van der Waals surface area contributed by atoms with Gasteiger partial charge in [0.05, 0.1) is 0 Å². The molecule has 0 amide bonds. The first-order valence-electron chi connectivity index (χ1n) is 17.7. The highest BCUT2D eigenvalue weighted by Gasteiger charge is 2.21. The van der Waals surface area contributed by atoms with Crippen LogP contribution in [0.3, 0.4) is 0 Å². The molecule has 2 nitrogen and oxygen atoms in total. The lowest BCUT2D eigenvalue weighted by Crippen LogP contribution is -1.95. The summed E-state index contributed by atoms with van der Waals surface area (Å²) < 4.78 is 0. The Morgan fingerprint density at radius 3 is 1.25 bits per heavy atom. The van der Waals surface area contributed by atoms with Crippen LogP contribution in [0.25, 0.3) is 92.8 Å². The molecule has 0 aliphatic carbocycles. The van der Waals surface area contributed by atoms with Crippen molar-refractivity contribution in [2.75, 3.05) is 7.05 Å². The molecule has 1 heterocycles. The van der Waals surface area contributed by atoms with Gasteiger partial charge < -0.3 is 0 Å². The van der Waals surface area contributed by atoms with Gasteiger partial charge in [0.25, 0.3) is 0 Å². The average Bonchev–Trinajstić information content (AvgIpc) is 3.20. The Morgan fingerprint density at radius 1 is 0.471 bits per heavy atom. The first-order chi connectivity index (χ1) is 25.3. The van der Waals surface area contributed by atoms with E-state index in [1.165, 1.54) is 98.4 Å². The summed E-state index contributed by atoms with van der Waals surface area (Å²) in [6.45, 7) is 2.23. The summed E-state index contributed by atoms with van der Waals surface area (Å²) in [7, 11) is 1.83. The van der Waals surface area contributed by atoms with E-state index in [1.807, 2.05) is 25.7 Å². The summed E-state index contributed by atoms with van der Waals surface area (Å²) in [6.07, 6.45) is 8.78. The van der Waals surface area contributed by atoms with Gasteiger partial charge in [-0.1, -0.05) is 140 Å². The molecule has 0 radical (unpaired) electrons. The van der Waals surface area contributed by atoms with Gasteiger partial charge in [-0.25, -0.2) is 0 Å². The van der Waals surface area contributed by atoms with Crippen molar-refractivity contribution in [2.45, 2.75) is 13.3 Å². The summed E-state index contributed by atoms with van der Waals surface area (Å²) in [5.74, 6) is 0. The van der Waals surface area contributed by atoms with Crippen LogP contribution in [-0.4, -0.2) is 18.2 Å². The van der Waals surface area contributed by atoms with Gasteiger partial charge >= 0.3 is 0 Å². The fraction of sp³-hybridized carbons (Fsp3) is 0.0612. The molecule has 8 aromatic carbocycles. The van der Waals surface area contributed by atoms with E-state index in [-0.39, 0.29) is 0 Å². The van der Waals surface area contributed by atoms with Crippen LogP contribution in [0.4, 0.5) is 0 Å². The van der Waals surface area contributed by atoms with Gasteiger partial charge in [-0.15, -0.1) is 0 Å². The number of hydrogen-bond donors (Lipinski definition) is 0. The van der Waals surface area contributed by atoms with Crippen molar-refractivity contribution < 1.29 is 0 Å². The van der Waals surface area contributed by atoms with Crippen LogP contribution in [0.5, 0.6) is 0 Å². The molecule has 0 bridgehead atoms. The summed E-state index contributed by atoms with van der Waals surface area (Å²) >= 11 is 0. The van der Waals surface area contributed by atoms with E-state index >= 15 is 0 Å². The van der Waals surface area contributed by atoms with E-state index in [0.29, 0.717) is 0 Å². The molecule has 0 fully saturated rings. The minimum atomic E-state index is 0.916. The lowest BCUT2D eigenvalue weighted by atomic mass is 9.81. The summed E-state index contributed by atoms with van der Waals surface area (Å²) in [6, 6.07) is 53.5. The monoisotopic (exact) mass is 652 g/mol. The Hall–Kier alpha value is -6.38. The number of pyridine rings is 1. The molecule has 0 atom stereocenters. The zero-order chi connectivity index (χ0) is 34.3. The molecule has 9 aromatic rings. The molecule has 51 heavy (non-hydrogen) atoms. The fourth-order valence-corrected chi connectivity index (χ4v) is 8.29. The van der Waals surface area contributed by atoms with Crippen molar-refractivity contribution >= 4 is 65.6 Å². The standard InChI is InChI=1S/C49H36N2/c1-3-32(26-29-50-2)46-36-16-6-10-20-40(36)48(41-21-11-7-17-37(41)46)44-24-25-45(35-15-5-4-14-34(35)44)49-42-22-12-8-18-38(42)47(33-27-30-51-31-28-33)39-19-9-13-23-43(39)49/h4-31H,3H2,1-2H3/b32-26+,50-29-. The van der Waals surface area contributed by atoms with Crippen molar-refractivity contribution in [1.29, 1.82) is 0 Å². The first kappa shape index (κ1) is 30.7. The minimum Gasteiger partial charge on any atom is -0.297 e. The smallest absolute Gasteiger partial charge is 0.0277 e. The maximum atomic E-state index is 4.32. The lowest BCUT2D eigenvalue weighted by molar-refractivity contribution is 1.25. The van der Waals surface area contributed by atoms with Crippen molar-refractivity contribution in [1.82, 2.24) is 4.98 Å². The number of aliphatic imine (C=N–C) groups is 1. The van der Waals surface area contributed by atoms with Gasteiger partial charge in [-0.05, 0) is 123 Å². The van der Waals surface area contributed by atoms with Gasteiger partial charge in [0.2, 0.25) is 0 Å². The quantitative estimate of drug-likeness (QED) is 0.130. The molecule has 2 heteroatoms. The number of allylic oxidation sites excluding steroid dienone is 2. The SMILES string of the molecule is CC/C(=C\C=N/C)c1c2ccccc2c(-c2ccc(-c3c4ccccc4c(-c4ccncc4)c4ccccc34)c3ccccc23)c2ccccc12. The molecule has 0 saturated heterocycles. The third-order valence-corrected chi connectivity index (χ3v) is 10.4. The Labute approximate surface area is 298 Å². The Balaban J connectivity index is 1.38. The van der Waals surface area contributed by atoms with Crippen LogP contribution in [0, 0.1) is 0 Å². The zero-order valence-corrected chi connectivity index (χ0v) is 28.8. The van der Waals surface area contributed by atoms with E-state index < -0.39 is 0 Å². The molecule has 242 valence electrons. The van der Waals surface area contributed by atoms with E-state index in [4.69, 9.17) is 0 Å². The highest BCUT2D eigenvalue weighted by molar-refractivity contribution is 6.26.